The van der Waals surface area contributed by atoms with Crippen LogP contribution in [0.5, 0.6) is 0 Å². The van der Waals surface area contributed by atoms with Crippen LogP contribution in [0.3, 0.4) is 0 Å². The third-order valence-electron chi connectivity index (χ3n) is 2.85. The van der Waals surface area contributed by atoms with E-state index in [9.17, 15) is 9.18 Å². The molecule has 0 radical (unpaired) electrons. The molecule has 2 aromatic rings. The van der Waals surface area contributed by atoms with Gasteiger partial charge in [0.2, 0.25) is 0 Å². The molecule has 0 saturated heterocycles. The SMILES string of the molecule is CN(CNC(=O)c1ccc(F)cc1)c1ccc(Br)cc1. The van der Waals surface area contributed by atoms with Crippen LogP contribution >= 0.6 is 15.9 Å². The van der Waals surface area contributed by atoms with Gasteiger partial charge >= 0.3 is 0 Å². The molecule has 0 aromatic heterocycles. The van der Waals surface area contributed by atoms with Gasteiger partial charge in [-0.05, 0) is 48.5 Å². The summed E-state index contributed by atoms with van der Waals surface area (Å²) in [5.41, 5.74) is 1.43. The van der Waals surface area contributed by atoms with E-state index in [-0.39, 0.29) is 11.7 Å². The van der Waals surface area contributed by atoms with Crippen molar-refractivity contribution in [2.45, 2.75) is 0 Å². The van der Waals surface area contributed by atoms with Crippen molar-refractivity contribution in [2.24, 2.45) is 0 Å². The maximum atomic E-state index is 12.8. The Morgan fingerprint density at radius 3 is 2.35 bits per heavy atom. The minimum Gasteiger partial charge on any atom is -0.357 e. The molecular formula is C15H14BrFN2O. The van der Waals surface area contributed by atoms with E-state index in [4.69, 9.17) is 0 Å². The second-order valence-corrected chi connectivity index (χ2v) is 5.26. The van der Waals surface area contributed by atoms with Crippen molar-refractivity contribution < 1.29 is 9.18 Å². The van der Waals surface area contributed by atoms with Crippen molar-refractivity contribution in [3.63, 3.8) is 0 Å². The zero-order valence-corrected chi connectivity index (χ0v) is 12.5. The first-order valence-electron chi connectivity index (χ1n) is 6.07. The van der Waals surface area contributed by atoms with Gasteiger partial charge in [-0.1, -0.05) is 15.9 Å². The Bertz CT molecular complexity index is 584. The molecule has 1 amide bonds. The minimum absolute atomic E-state index is 0.228. The Morgan fingerprint density at radius 1 is 1.15 bits per heavy atom. The summed E-state index contributed by atoms with van der Waals surface area (Å²) in [5.74, 6) is -0.581. The van der Waals surface area contributed by atoms with E-state index < -0.39 is 0 Å². The molecule has 0 aliphatic heterocycles. The number of hydrogen-bond acceptors (Lipinski definition) is 2. The lowest BCUT2D eigenvalue weighted by atomic mass is 10.2. The van der Waals surface area contributed by atoms with Gasteiger partial charge in [0.25, 0.3) is 5.91 Å². The molecule has 0 spiro atoms. The number of hydrogen-bond donors (Lipinski definition) is 1. The summed E-state index contributed by atoms with van der Waals surface area (Å²) in [7, 11) is 1.88. The largest absolute Gasteiger partial charge is 0.357 e. The van der Waals surface area contributed by atoms with E-state index in [1.807, 2.05) is 36.2 Å². The van der Waals surface area contributed by atoms with Crippen LogP contribution in [0.15, 0.2) is 53.0 Å². The van der Waals surface area contributed by atoms with Gasteiger partial charge < -0.3 is 10.2 Å². The van der Waals surface area contributed by atoms with Crippen molar-refractivity contribution in [2.75, 3.05) is 18.6 Å². The maximum Gasteiger partial charge on any atom is 0.252 e. The summed E-state index contributed by atoms with van der Waals surface area (Å²) >= 11 is 3.37. The van der Waals surface area contributed by atoms with Crippen LogP contribution < -0.4 is 10.2 Å². The summed E-state index contributed by atoms with van der Waals surface area (Å²) in [6, 6.07) is 13.2. The molecule has 0 fully saturated rings. The van der Waals surface area contributed by atoms with E-state index >= 15 is 0 Å². The van der Waals surface area contributed by atoms with Gasteiger partial charge in [0.1, 0.15) is 5.82 Å². The number of amides is 1. The second-order valence-electron chi connectivity index (χ2n) is 4.35. The lowest BCUT2D eigenvalue weighted by molar-refractivity contribution is 0.0954. The van der Waals surface area contributed by atoms with E-state index in [1.165, 1.54) is 24.3 Å². The van der Waals surface area contributed by atoms with E-state index in [1.54, 1.807) is 0 Å². The van der Waals surface area contributed by atoms with E-state index in [0.717, 1.165) is 10.2 Å². The Morgan fingerprint density at radius 2 is 1.75 bits per heavy atom. The summed E-state index contributed by atoms with van der Waals surface area (Å²) < 4.78 is 13.8. The van der Waals surface area contributed by atoms with Gasteiger partial charge in [-0.25, -0.2) is 4.39 Å². The van der Waals surface area contributed by atoms with Crippen LogP contribution in [0.25, 0.3) is 0 Å². The Labute approximate surface area is 125 Å². The molecule has 0 aliphatic carbocycles. The molecule has 0 saturated carbocycles. The quantitative estimate of drug-likeness (QED) is 0.867. The predicted octanol–water partition coefficient (Wildman–Crippen LogP) is 3.41. The molecule has 5 heteroatoms. The third kappa shape index (κ3) is 3.81. The molecule has 2 aromatic carbocycles. The lowest BCUT2D eigenvalue weighted by Gasteiger charge is -2.19. The third-order valence-corrected chi connectivity index (χ3v) is 3.38. The number of anilines is 1. The van der Waals surface area contributed by atoms with Gasteiger partial charge in [0.05, 0.1) is 6.67 Å². The Balaban J connectivity index is 1.92. The number of nitrogens with zero attached hydrogens (tertiary/aromatic N) is 1. The maximum absolute atomic E-state index is 12.8. The van der Waals surface area contributed by atoms with Crippen LogP contribution in [0, 0.1) is 5.82 Å². The van der Waals surface area contributed by atoms with Crippen molar-refractivity contribution in [1.29, 1.82) is 0 Å². The monoisotopic (exact) mass is 336 g/mol. The van der Waals surface area contributed by atoms with Crippen molar-refractivity contribution >= 4 is 27.5 Å². The topological polar surface area (TPSA) is 32.3 Å². The molecular weight excluding hydrogens is 323 g/mol. The summed E-state index contributed by atoms with van der Waals surface area (Å²) in [5, 5.41) is 2.78. The highest BCUT2D eigenvalue weighted by molar-refractivity contribution is 9.10. The minimum atomic E-state index is -0.353. The molecule has 0 bridgehead atoms. The number of nitrogens with one attached hydrogen (secondary N) is 1. The number of halogens is 2. The zero-order valence-electron chi connectivity index (χ0n) is 10.9. The van der Waals surface area contributed by atoms with Gasteiger partial charge in [-0.2, -0.15) is 0 Å². The molecule has 0 unspecified atom stereocenters. The van der Waals surface area contributed by atoms with Gasteiger partial charge in [-0.3, -0.25) is 4.79 Å². The Hall–Kier alpha value is -1.88. The number of rotatable bonds is 4. The second kappa shape index (κ2) is 6.52. The first kappa shape index (κ1) is 14.5. The highest BCUT2D eigenvalue weighted by atomic mass is 79.9. The lowest BCUT2D eigenvalue weighted by Crippen LogP contribution is -2.35. The number of benzene rings is 2. The van der Waals surface area contributed by atoms with Gasteiger partial charge in [0, 0.05) is 22.8 Å². The molecule has 20 heavy (non-hydrogen) atoms. The van der Waals surface area contributed by atoms with Crippen LogP contribution in [-0.4, -0.2) is 19.6 Å². The fraction of sp³-hybridized carbons (Fsp3) is 0.133. The standard InChI is InChI=1S/C15H14BrFN2O/c1-19(14-8-4-12(16)5-9-14)10-18-15(20)11-2-6-13(17)7-3-11/h2-9H,10H2,1H3,(H,18,20). The highest BCUT2D eigenvalue weighted by Gasteiger charge is 2.06. The molecule has 0 aliphatic rings. The molecule has 3 nitrogen and oxygen atoms in total. The molecule has 0 heterocycles. The van der Waals surface area contributed by atoms with Crippen molar-refractivity contribution in [3.05, 3.63) is 64.4 Å². The number of carbonyl (C=O) groups excluding carboxylic acids is 1. The van der Waals surface area contributed by atoms with E-state index in [2.05, 4.69) is 21.2 Å². The first-order valence-corrected chi connectivity index (χ1v) is 6.86. The van der Waals surface area contributed by atoms with Crippen LogP contribution in [0.4, 0.5) is 10.1 Å². The van der Waals surface area contributed by atoms with Gasteiger partial charge in [0.15, 0.2) is 0 Å². The molecule has 2 rings (SSSR count). The summed E-state index contributed by atoms with van der Waals surface area (Å²) in [6.45, 7) is 0.373. The fourth-order valence-corrected chi connectivity index (χ4v) is 1.94. The van der Waals surface area contributed by atoms with E-state index in [0.29, 0.717) is 12.2 Å². The van der Waals surface area contributed by atoms with Crippen LogP contribution in [0.2, 0.25) is 0 Å². The molecule has 1 N–H and O–H groups in total. The summed E-state index contributed by atoms with van der Waals surface area (Å²) in [6.07, 6.45) is 0. The fourth-order valence-electron chi connectivity index (χ4n) is 1.68. The van der Waals surface area contributed by atoms with Crippen molar-refractivity contribution in [3.8, 4) is 0 Å². The Kier molecular flexibility index (Phi) is 4.74. The van der Waals surface area contributed by atoms with Crippen LogP contribution in [-0.2, 0) is 0 Å². The number of carbonyl (C=O) groups is 1. The molecule has 104 valence electrons. The summed E-state index contributed by atoms with van der Waals surface area (Å²) in [4.78, 5) is 13.8. The predicted molar refractivity (Wildman–Crippen MR) is 81.3 cm³/mol. The molecule has 0 atom stereocenters. The average Bonchev–Trinajstić information content (AvgIpc) is 2.46. The first-order chi connectivity index (χ1) is 9.56. The zero-order chi connectivity index (χ0) is 14.5. The van der Waals surface area contributed by atoms with Crippen molar-refractivity contribution in [1.82, 2.24) is 5.32 Å². The highest BCUT2D eigenvalue weighted by Crippen LogP contribution is 2.16. The normalized spacial score (nSPS) is 10.2. The average molecular weight is 337 g/mol. The van der Waals surface area contributed by atoms with Gasteiger partial charge in [-0.15, -0.1) is 0 Å². The smallest absolute Gasteiger partial charge is 0.252 e. The van der Waals surface area contributed by atoms with Crippen LogP contribution in [0.1, 0.15) is 10.4 Å².